The van der Waals surface area contributed by atoms with E-state index in [2.05, 4.69) is 17.4 Å². The van der Waals surface area contributed by atoms with Crippen molar-refractivity contribution in [2.24, 2.45) is 5.16 Å². The molecule has 0 aliphatic rings. The first-order valence-corrected chi connectivity index (χ1v) is 7.71. The van der Waals surface area contributed by atoms with Crippen molar-refractivity contribution in [3.05, 3.63) is 65.2 Å². The Morgan fingerprint density at radius 3 is 2.75 bits per heavy atom. The number of oxime groups is 1. The fraction of sp³-hybridized carbons (Fsp3) is 0.211. The molecule has 1 N–H and O–H groups in total. The predicted octanol–water partition coefficient (Wildman–Crippen LogP) is 3.50. The Hall–Kier alpha value is -3.13. The van der Waals surface area contributed by atoms with Crippen LogP contribution in [0.4, 0.5) is 5.69 Å². The van der Waals surface area contributed by atoms with Gasteiger partial charge in [-0.25, -0.2) is 0 Å². The predicted molar refractivity (Wildman–Crippen MR) is 93.7 cm³/mol. The molecule has 0 aliphatic carbocycles. The van der Waals surface area contributed by atoms with E-state index in [0.717, 1.165) is 12.0 Å². The zero-order valence-electron chi connectivity index (χ0n) is 13.7. The zero-order valence-corrected chi connectivity index (χ0v) is 13.7. The van der Waals surface area contributed by atoms with Crippen molar-refractivity contribution in [3.8, 4) is 6.07 Å². The molecule has 0 bridgehead atoms. The lowest BCUT2D eigenvalue weighted by Crippen LogP contribution is -2.26. The van der Waals surface area contributed by atoms with Crippen LogP contribution in [0.15, 0.2) is 53.7 Å². The summed E-state index contributed by atoms with van der Waals surface area (Å²) in [6, 6.07) is 16.7. The van der Waals surface area contributed by atoms with Crippen LogP contribution in [-0.4, -0.2) is 18.2 Å². The first-order chi connectivity index (χ1) is 11.6. The second kappa shape index (κ2) is 8.49. The Balaban J connectivity index is 1.88. The topological polar surface area (TPSA) is 74.5 Å². The number of aryl methyl sites for hydroxylation is 1. The molecule has 5 nitrogen and oxygen atoms in total. The van der Waals surface area contributed by atoms with Crippen LogP contribution in [0.5, 0.6) is 0 Å². The van der Waals surface area contributed by atoms with Gasteiger partial charge in [0.05, 0.1) is 17.8 Å². The number of hydrogen-bond acceptors (Lipinski definition) is 4. The highest BCUT2D eigenvalue weighted by atomic mass is 16.6. The SMILES string of the molecule is CCc1ccc(/C=N\O[C@H](C)C(=O)Nc2cccc(C#N)c2)cc1. The van der Waals surface area contributed by atoms with E-state index in [1.54, 1.807) is 37.4 Å². The van der Waals surface area contributed by atoms with Crippen LogP contribution in [0.1, 0.15) is 30.5 Å². The molecule has 5 heteroatoms. The Kier molecular flexibility index (Phi) is 6.09. The van der Waals surface area contributed by atoms with Crippen molar-refractivity contribution < 1.29 is 9.63 Å². The van der Waals surface area contributed by atoms with Crippen molar-refractivity contribution in [2.75, 3.05) is 5.32 Å². The third-order valence-electron chi connectivity index (χ3n) is 3.44. The van der Waals surface area contributed by atoms with Gasteiger partial charge in [0, 0.05) is 5.69 Å². The molecule has 0 spiro atoms. The van der Waals surface area contributed by atoms with Crippen LogP contribution in [0.2, 0.25) is 0 Å². The number of nitrogens with one attached hydrogen (secondary N) is 1. The molecule has 1 amide bonds. The minimum atomic E-state index is -0.748. The molecule has 0 radical (unpaired) electrons. The summed E-state index contributed by atoms with van der Waals surface area (Å²) in [6.07, 6.45) is 1.80. The fourth-order valence-electron chi connectivity index (χ4n) is 1.98. The van der Waals surface area contributed by atoms with Crippen molar-refractivity contribution in [2.45, 2.75) is 26.4 Å². The van der Waals surface area contributed by atoms with E-state index in [-0.39, 0.29) is 5.91 Å². The van der Waals surface area contributed by atoms with Gasteiger partial charge in [0.25, 0.3) is 5.91 Å². The Morgan fingerprint density at radius 1 is 1.33 bits per heavy atom. The molecule has 0 fully saturated rings. The molecule has 122 valence electrons. The van der Waals surface area contributed by atoms with Gasteiger partial charge in [-0.15, -0.1) is 0 Å². The maximum Gasteiger partial charge on any atom is 0.267 e. The second-order valence-electron chi connectivity index (χ2n) is 5.26. The average Bonchev–Trinajstić information content (AvgIpc) is 2.62. The van der Waals surface area contributed by atoms with E-state index in [4.69, 9.17) is 10.1 Å². The quantitative estimate of drug-likeness (QED) is 0.653. The Morgan fingerprint density at radius 2 is 2.08 bits per heavy atom. The van der Waals surface area contributed by atoms with E-state index < -0.39 is 6.10 Å². The van der Waals surface area contributed by atoms with Gasteiger partial charge in [-0.2, -0.15) is 5.26 Å². The molecule has 2 aromatic carbocycles. The summed E-state index contributed by atoms with van der Waals surface area (Å²) in [5.41, 5.74) is 3.19. The summed E-state index contributed by atoms with van der Waals surface area (Å²) in [5, 5.41) is 15.4. The molecule has 0 saturated carbocycles. The molecule has 2 rings (SSSR count). The van der Waals surface area contributed by atoms with Gasteiger partial charge in [0.2, 0.25) is 6.10 Å². The van der Waals surface area contributed by atoms with E-state index in [1.807, 2.05) is 30.3 Å². The standard InChI is InChI=1S/C19H19N3O2/c1-3-15-7-9-16(10-8-15)13-21-24-14(2)19(23)22-18-6-4-5-17(11-18)12-20/h4-11,13-14H,3H2,1-2H3,(H,22,23)/b21-13-/t14-/m1/s1. The monoisotopic (exact) mass is 321 g/mol. The van der Waals surface area contributed by atoms with Crippen LogP contribution in [0.25, 0.3) is 0 Å². The number of benzene rings is 2. The van der Waals surface area contributed by atoms with Crippen molar-refractivity contribution in [1.82, 2.24) is 0 Å². The normalized spacial score (nSPS) is 11.7. The van der Waals surface area contributed by atoms with Gasteiger partial charge in [0.1, 0.15) is 0 Å². The van der Waals surface area contributed by atoms with Crippen molar-refractivity contribution in [3.63, 3.8) is 0 Å². The maximum atomic E-state index is 12.0. The molecular formula is C19H19N3O2. The van der Waals surface area contributed by atoms with Gasteiger partial charge in [-0.3, -0.25) is 4.79 Å². The number of rotatable bonds is 6. The summed E-state index contributed by atoms with van der Waals surface area (Å²) >= 11 is 0. The number of anilines is 1. The molecule has 24 heavy (non-hydrogen) atoms. The maximum absolute atomic E-state index is 12.0. The number of carbonyl (C=O) groups excluding carboxylic acids is 1. The summed E-state index contributed by atoms with van der Waals surface area (Å²) in [4.78, 5) is 17.2. The molecule has 0 aromatic heterocycles. The summed E-state index contributed by atoms with van der Waals surface area (Å²) in [5.74, 6) is -0.330. The van der Waals surface area contributed by atoms with Gasteiger partial charge in [0.15, 0.2) is 0 Å². The third kappa shape index (κ3) is 4.96. The third-order valence-corrected chi connectivity index (χ3v) is 3.44. The lowest BCUT2D eigenvalue weighted by molar-refractivity contribution is -0.126. The van der Waals surface area contributed by atoms with Gasteiger partial charge in [-0.1, -0.05) is 42.4 Å². The van der Waals surface area contributed by atoms with Crippen LogP contribution in [-0.2, 0) is 16.1 Å². The number of amides is 1. The molecular weight excluding hydrogens is 302 g/mol. The van der Waals surface area contributed by atoms with Gasteiger partial charge in [-0.05, 0) is 42.7 Å². The number of nitriles is 1. The van der Waals surface area contributed by atoms with Crippen LogP contribution < -0.4 is 5.32 Å². The van der Waals surface area contributed by atoms with E-state index in [9.17, 15) is 4.79 Å². The molecule has 0 aliphatic heterocycles. The van der Waals surface area contributed by atoms with Crippen molar-refractivity contribution >= 4 is 17.8 Å². The van der Waals surface area contributed by atoms with E-state index in [1.165, 1.54) is 5.56 Å². The number of carbonyl (C=O) groups is 1. The van der Waals surface area contributed by atoms with Crippen molar-refractivity contribution in [1.29, 1.82) is 5.26 Å². The van der Waals surface area contributed by atoms with Gasteiger partial charge >= 0.3 is 0 Å². The second-order valence-corrected chi connectivity index (χ2v) is 5.26. The van der Waals surface area contributed by atoms with Crippen LogP contribution in [0.3, 0.4) is 0 Å². The van der Waals surface area contributed by atoms with Gasteiger partial charge < -0.3 is 10.2 Å². The Labute approximate surface area is 141 Å². The first-order valence-electron chi connectivity index (χ1n) is 7.71. The molecule has 0 heterocycles. The minimum Gasteiger partial charge on any atom is -0.383 e. The smallest absolute Gasteiger partial charge is 0.267 e. The molecule has 0 saturated heterocycles. The molecule has 2 aromatic rings. The highest BCUT2D eigenvalue weighted by Crippen LogP contribution is 2.10. The largest absolute Gasteiger partial charge is 0.383 e. The highest BCUT2D eigenvalue weighted by molar-refractivity contribution is 5.94. The fourth-order valence-corrected chi connectivity index (χ4v) is 1.98. The minimum absolute atomic E-state index is 0.330. The molecule has 1 atom stereocenters. The first kappa shape index (κ1) is 17.2. The lowest BCUT2D eigenvalue weighted by atomic mass is 10.1. The summed E-state index contributed by atoms with van der Waals surface area (Å²) in [6.45, 7) is 3.71. The van der Waals surface area contributed by atoms with E-state index >= 15 is 0 Å². The zero-order chi connectivity index (χ0) is 17.4. The Bertz CT molecular complexity index is 761. The summed E-state index contributed by atoms with van der Waals surface area (Å²) < 4.78 is 0. The number of hydrogen-bond donors (Lipinski definition) is 1. The van der Waals surface area contributed by atoms with Crippen LogP contribution in [0, 0.1) is 11.3 Å². The van der Waals surface area contributed by atoms with Crippen LogP contribution >= 0.6 is 0 Å². The molecule has 0 unspecified atom stereocenters. The van der Waals surface area contributed by atoms with E-state index in [0.29, 0.717) is 11.3 Å². The summed E-state index contributed by atoms with van der Waals surface area (Å²) in [7, 11) is 0. The number of nitrogens with zero attached hydrogens (tertiary/aromatic N) is 2. The lowest BCUT2D eigenvalue weighted by Gasteiger charge is -2.10. The highest BCUT2D eigenvalue weighted by Gasteiger charge is 2.14. The average molecular weight is 321 g/mol.